The summed E-state index contributed by atoms with van der Waals surface area (Å²) >= 11 is 0. The third kappa shape index (κ3) is 5.70. The van der Waals surface area contributed by atoms with Crippen LogP contribution in [0.5, 0.6) is 5.75 Å². The lowest BCUT2D eigenvalue weighted by Crippen LogP contribution is -2.14. The lowest BCUT2D eigenvalue weighted by molar-refractivity contribution is -0.118. The van der Waals surface area contributed by atoms with Crippen LogP contribution in [-0.2, 0) is 16.0 Å². The molecule has 1 aromatic rings. The van der Waals surface area contributed by atoms with Gasteiger partial charge in [0.1, 0.15) is 11.5 Å². The van der Waals surface area contributed by atoms with Gasteiger partial charge in [-0.05, 0) is 31.0 Å². The van der Waals surface area contributed by atoms with Crippen molar-refractivity contribution in [2.45, 2.75) is 26.2 Å². The number of hydrogen-bond donors (Lipinski definition) is 1. The number of hydrogen-bond acceptors (Lipinski definition) is 3. The molecule has 0 unspecified atom stereocenters. The van der Waals surface area contributed by atoms with Gasteiger partial charge < -0.3 is 15.3 Å². The molecule has 0 aliphatic rings. The van der Waals surface area contributed by atoms with Crippen LogP contribution in [0, 0.1) is 0 Å². The van der Waals surface area contributed by atoms with E-state index >= 15 is 0 Å². The van der Waals surface area contributed by atoms with Crippen molar-refractivity contribution in [3.8, 4) is 5.75 Å². The Labute approximate surface area is 101 Å². The van der Waals surface area contributed by atoms with Crippen LogP contribution in [0.3, 0.4) is 0 Å². The molecule has 0 heterocycles. The zero-order valence-corrected chi connectivity index (χ0v) is 9.94. The highest BCUT2D eigenvalue weighted by Gasteiger charge is 1.99. The van der Waals surface area contributed by atoms with Gasteiger partial charge >= 0.3 is 0 Å². The molecule has 0 spiro atoms. The molecule has 1 amide bonds. The summed E-state index contributed by atoms with van der Waals surface area (Å²) in [5, 5.41) is 0. The van der Waals surface area contributed by atoms with Crippen LogP contribution in [0.2, 0.25) is 0 Å². The van der Waals surface area contributed by atoms with Gasteiger partial charge in [-0.2, -0.15) is 0 Å². The van der Waals surface area contributed by atoms with E-state index in [2.05, 4.69) is 0 Å². The highest BCUT2D eigenvalue weighted by atomic mass is 16.5. The quantitative estimate of drug-likeness (QED) is 0.777. The molecule has 0 aromatic heterocycles. The van der Waals surface area contributed by atoms with Gasteiger partial charge in [-0.1, -0.05) is 12.1 Å². The van der Waals surface area contributed by atoms with Gasteiger partial charge in [-0.3, -0.25) is 4.79 Å². The minimum Gasteiger partial charge on any atom is -0.493 e. The molecule has 1 aromatic carbocycles. The molecule has 4 nitrogen and oxygen atoms in total. The molecule has 0 bridgehead atoms. The van der Waals surface area contributed by atoms with Crippen molar-refractivity contribution in [1.82, 2.24) is 0 Å². The van der Waals surface area contributed by atoms with E-state index in [1.54, 1.807) is 6.92 Å². The Balaban J connectivity index is 2.39. The first kappa shape index (κ1) is 13.2. The highest BCUT2D eigenvalue weighted by molar-refractivity contribution is 5.75. The van der Waals surface area contributed by atoms with Gasteiger partial charge in [0.25, 0.3) is 0 Å². The van der Waals surface area contributed by atoms with Gasteiger partial charge in [0.05, 0.1) is 13.0 Å². The van der Waals surface area contributed by atoms with Gasteiger partial charge in [0.2, 0.25) is 5.91 Å². The standard InChI is InChI=1S/C13H17NO3/c1-10(15)2-3-11-4-6-12(7-5-11)17-9-8-13(14)16/h4-7H,2-3,8-9H2,1H3,(H2,14,16). The number of carbonyl (C=O) groups is 2. The molecule has 92 valence electrons. The molecule has 0 atom stereocenters. The number of Topliss-reactive ketones (excluding diaryl/α,β-unsaturated/α-hetero) is 1. The molecule has 4 heteroatoms. The van der Waals surface area contributed by atoms with E-state index in [9.17, 15) is 9.59 Å². The van der Waals surface area contributed by atoms with Gasteiger partial charge in [-0.15, -0.1) is 0 Å². The van der Waals surface area contributed by atoms with Crippen molar-refractivity contribution >= 4 is 11.7 Å². The summed E-state index contributed by atoms with van der Waals surface area (Å²) in [5.41, 5.74) is 6.10. The summed E-state index contributed by atoms with van der Waals surface area (Å²) in [6.07, 6.45) is 1.52. The number of ketones is 1. The molecular formula is C13H17NO3. The first-order chi connectivity index (χ1) is 8.08. The van der Waals surface area contributed by atoms with E-state index in [1.165, 1.54) is 0 Å². The Hall–Kier alpha value is -1.84. The van der Waals surface area contributed by atoms with Crippen molar-refractivity contribution in [1.29, 1.82) is 0 Å². The molecule has 0 fully saturated rings. The normalized spacial score (nSPS) is 9.94. The number of rotatable bonds is 7. The Bertz CT molecular complexity index is 384. The maximum atomic E-state index is 10.8. The van der Waals surface area contributed by atoms with Crippen LogP contribution in [0.15, 0.2) is 24.3 Å². The minimum atomic E-state index is -0.372. The number of carbonyl (C=O) groups excluding carboxylic acids is 2. The lowest BCUT2D eigenvalue weighted by atomic mass is 10.1. The Morgan fingerprint density at radius 2 is 1.82 bits per heavy atom. The second-order valence-corrected chi connectivity index (χ2v) is 3.91. The van der Waals surface area contributed by atoms with E-state index in [1.807, 2.05) is 24.3 Å². The average molecular weight is 235 g/mol. The molecule has 0 saturated carbocycles. The molecule has 2 N–H and O–H groups in total. The topological polar surface area (TPSA) is 69.4 Å². The molecule has 0 aliphatic carbocycles. The second-order valence-electron chi connectivity index (χ2n) is 3.91. The Morgan fingerprint density at radius 1 is 1.18 bits per heavy atom. The molecule has 0 aliphatic heterocycles. The van der Waals surface area contributed by atoms with E-state index in [4.69, 9.17) is 10.5 Å². The second kappa shape index (κ2) is 6.68. The van der Waals surface area contributed by atoms with Crippen LogP contribution in [0.1, 0.15) is 25.3 Å². The maximum Gasteiger partial charge on any atom is 0.220 e. The van der Waals surface area contributed by atoms with Gasteiger partial charge in [0.15, 0.2) is 0 Å². The molecule has 17 heavy (non-hydrogen) atoms. The van der Waals surface area contributed by atoms with E-state index in [0.29, 0.717) is 18.8 Å². The van der Waals surface area contributed by atoms with Crippen LogP contribution in [0.4, 0.5) is 0 Å². The fourth-order valence-corrected chi connectivity index (χ4v) is 1.34. The van der Waals surface area contributed by atoms with Crippen LogP contribution >= 0.6 is 0 Å². The number of ether oxygens (including phenoxy) is 1. The van der Waals surface area contributed by atoms with Crippen molar-refractivity contribution in [3.63, 3.8) is 0 Å². The summed E-state index contributed by atoms with van der Waals surface area (Å²) in [4.78, 5) is 21.3. The lowest BCUT2D eigenvalue weighted by Gasteiger charge is -2.05. The monoisotopic (exact) mass is 235 g/mol. The van der Waals surface area contributed by atoms with Crippen molar-refractivity contribution in [3.05, 3.63) is 29.8 Å². The average Bonchev–Trinajstić information content (AvgIpc) is 2.27. The van der Waals surface area contributed by atoms with E-state index in [0.717, 1.165) is 12.0 Å². The number of primary amides is 1. The summed E-state index contributed by atoms with van der Waals surface area (Å²) in [7, 11) is 0. The van der Waals surface area contributed by atoms with Crippen molar-refractivity contribution < 1.29 is 14.3 Å². The molecule has 1 rings (SSSR count). The van der Waals surface area contributed by atoms with Crippen LogP contribution in [-0.4, -0.2) is 18.3 Å². The Morgan fingerprint density at radius 3 is 2.35 bits per heavy atom. The number of aryl methyl sites for hydroxylation is 1. The van der Waals surface area contributed by atoms with Gasteiger partial charge in [0, 0.05) is 6.42 Å². The maximum absolute atomic E-state index is 10.8. The largest absolute Gasteiger partial charge is 0.493 e. The summed E-state index contributed by atoms with van der Waals surface area (Å²) in [5.74, 6) is 0.521. The number of nitrogens with two attached hydrogens (primary N) is 1. The molecule has 0 radical (unpaired) electrons. The van der Waals surface area contributed by atoms with Crippen LogP contribution in [0.25, 0.3) is 0 Å². The van der Waals surface area contributed by atoms with Gasteiger partial charge in [-0.25, -0.2) is 0 Å². The third-order valence-electron chi connectivity index (χ3n) is 2.31. The first-order valence-electron chi connectivity index (χ1n) is 5.57. The SMILES string of the molecule is CC(=O)CCc1ccc(OCCC(N)=O)cc1. The third-order valence-corrected chi connectivity index (χ3v) is 2.31. The summed E-state index contributed by atoms with van der Waals surface area (Å²) in [6, 6.07) is 7.50. The summed E-state index contributed by atoms with van der Waals surface area (Å²) < 4.78 is 5.33. The first-order valence-corrected chi connectivity index (χ1v) is 5.57. The smallest absolute Gasteiger partial charge is 0.220 e. The molecule has 0 saturated heterocycles. The Kier molecular flexibility index (Phi) is 5.20. The number of benzene rings is 1. The highest BCUT2D eigenvalue weighted by Crippen LogP contribution is 2.13. The molecular weight excluding hydrogens is 218 g/mol. The summed E-state index contributed by atoms with van der Waals surface area (Å²) in [6.45, 7) is 1.88. The fraction of sp³-hybridized carbons (Fsp3) is 0.385. The fourth-order valence-electron chi connectivity index (χ4n) is 1.34. The van der Waals surface area contributed by atoms with Crippen molar-refractivity contribution in [2.75, 3.05) is 6.61 Å². The van der Waals surface area contributed by atoms with E-state index in [-0.39, 0.29) is 18.1 Å². The predicted molar refractivity (Wildman–Crippen MR) is 64.8 cm³/mol. The minimum absolute atomic E-state index is 0.187. The number of amides is 1. The zero-order chi connectivity index (χ0) is 12.7. The zero-order valence-electron chi connectivity index (χ0n) is 9.94. The van der Waals surface area contributed by atoms with Crippen molar-refractivity contribution in [2.24, 2.45) is 5.73 Å². The predicted octanol–water partition coefficient (Wildman–Crippen LogP) is 1.46. The van der Waals surface area contributed by atoms with Crippen LogP contribution < -0.4 is 10.5 Å². The van der Waals surface area contributed by atoms with E-state index < -0.39 is 0 Å².